The summed E-state index contributed by atoms with van der Waals surface area (Å²) in [5, 5.41) is 23.9. The van der Waals surface area contributed by atoms with Gasteiger partial charge in [-0.15, -0.1) is 0 Å². The third-order valence-electron chi connectivity index (χ3n) is 8.84. The van der Waals surface area contributed by atoms with E-state index in [1.54, 1.807) is 12.1 Å². The van der Waals surface area contributed by atoms with Gasteiger partial charge in [0.15, 0.2) is 11.6 Å². The first-order valence-electron chi connectivity index (χ1n) is 15.5. The number of nitrogens with zero attached hydrogens (tertiary/aromatic N) is 7. The van der Waals surface area contributed by atoms with Crippen molar-refractivity contribution in [2.45, 2.75) is 0 Å². The van der Waals surface area contributed by atoms with Gasteiger partial charge in [0.2, 0.25) is 5.95 Å². The number of fused-ring (bicyclic) bond motifs is 7. The molecule has 7 heteroatoms. The van der Waals surface area contributed by atoms with Crippen LogP contribution in [-0.2, 0) is 0 Å². The number of hydrogen-bond acceptors (Lipinski definition) is 5. The van der Waals surface area contributed by atoms with E-state index in [1.807, 2.05) is 91.0 Å². The van der Waals surface area contributed by atoms with Crippen LogP contribution in [0.3, 0.4) is 0 Å². The van der Waals surface area contributed by atoms with Crippen LogP contribution in [0.5, 0.6) is 0 Å². The Bertz CT molecular complexity index is 2740. The van der Waals surface area contributed by atoms with Crippen molar-refractivity contribution in [2.75, 3.05) is 0 Å². The van der Waals surface area contributed by atoms with Crippen LogP contribution in [-0.4, -0.2) is 24.1 Å². The third-order valence-corrected chi connectivity index (χ3v) is 8.84. The summed E-state index contributed by atoms with van der Waals surface area (Å²) >= 11 is 0. The first-order valence-corrected chi connectivity index (χ1v) is 15.5. The lowest BCUT2D eigenvalue weighted by atomic mass is 10.1. The molecule has 222 valence electrons. The molecule has 0 saturated heterocycles. The number of hydrogen-bond donors (Lipinski definition) is 0. The maximum Gasteiger partial charge on any atom is 0.238 e. The van der Waals surface area contributed by atoms with Gasteiger partial charge < -0.3 is 4.57 Å². The zero-order valence-electron chi connectivity index (χ0n) is 25.4. The summed E-state index contributed by atoms with van der Waals surface area (Å²) in [7, 11) is 0. The smallest absolute Gasteiger partial charge is 0.238 e. The Morgan fingerprint density at radius 3 is 1.73 bits per heavy atom. The molecule has 0 bridgehead atoms. The zero-order valence-corrected chi connectivity index (χ0v) is 25.4. The summed E-state index contributed by atoms with van der Waals surface area (Å²) in [5.41, 5.74) is 7.17. The number of aromatic nitrogens is 5. The second-order valence-corrected chi connectivity index (χ2v) is 11.5. The topological polar surface area (TPSA) is 96.1 Å². The van der Waals surface area contributed by atoms with Crippen molar-refractivity contribution < 1.29 is 0 Å². The molecule has 6 aromatic carbocycles. The highest BCUT2D eigenvalue weighted by Crippen LogP contribution is 2.42. The van der Waals surface area contributed by atoms with Gasteiger partial charge in [0.05, 0.1) is 45.0 Å². The Morgan fingerprint density at radius 2 is 1.08 bits per heavy atom. The Kier molecular flexibility index (Phi) is 6.11. The van der Waals surface area contributed by atoms with Crippen LogP contribution in [0.4, 0.5) is 0 Å². The van der Waals surface area contributed by atoms with E-state index in [0.29, 0.717) is 34.4 Å². The number of nitriles is 2. The molecule has 0 saturated carbocycles. The normalized spacial score (nSPS) is 11.3. The van der Waals surface area contributed by atoms with Crippen molar-refractivity contribution in [3.63, 3.8) is 0 Å². The minimum absolute atomic E-state index is 0.426. The molecule has 0 radical (unpaired) electrons. The Hall–Kier alpha value is -7.09. The van der Waals surface area contributed by atoms with Gasteiger partial charge >= 0.3 is 0 Å². The standard InChI is InChI=1S/C41H23N7/c42-24-26-19-21-33(29(23-26)25-43)47-35-18-10-8-16-32(35)37-36(47)22-20-31-30-15-7-9-17-34(30)48(38(31)37)41-45-39(27-11-3-1-4-12-27)44-40(46-41)28-13-5-2-6-14-28/h1-23H. The molecule has 3 heterocycles. The predicted octanol–water partition coefficient (Wildman–Crippen LogP) is 9.14. The molecular weight excluding hydrogens is 591 g/mol. The van der Waals surface area contributed by atoms with Crippen LogP contribution in [0.1, 0.15) is 11.1 Å². The fraction of sp³-hybridized carbons (Fsp3) is 0. The van der Waals surface area contributed by atoms with Crippen molar-refractivity contribution in [1.29, 1.82) is 10.5 Å². The summed E-state index contributed by atoms with van der Waals surface area (Å²) in [5.74, 6) is 1.67. The van der Waals surface area contributed by atoms with Gasteiger partial charge in [-0.3, -0.25) is 4.57 Å². The molecule has 0 unspecified atom stereocenters. The van der Waals surface area contributed by atoms with Crippen LogP contribution in [0.15, 0.2) is 140 Å². The van der Waals surface area contributed by atoms with Crippen LogP contribution in [0, 0.1) is 22.7 Å². The molecule has 0 spiro atoms. The molecule has 0 aliphatic rings. The lowest BCUT2D eigenvalue weighted by molar-refractivity contribution is 0.955. The Morgan fingerprint density at radius 1 is 0.479 bits per heavy atom. The Labute approximate surface area is 274 Å². The molecule has 0 amide bonds. The number of benzene rings is 6. The van der Waals surface area contributed by atoms with E-state index in [1.165, 1.54) is 0 Å². The third kappa shape index (κ3) is 4.09. The van der Waals surface area contributed by atoms with Crippen LogP contribution in [0.25, 0.3) is 78.0 Å². The summed E-state index contributed by atoms with van der Waals surface area (Å²) in [6, 6.07) is 50.5. The summed E-state index contributed by atoms with van der Waals surface area (Å²) < 4.78 is 4.26. The van der Waals surface area contributed by atoms with E-state index in [9.17, 15) is 10.5 Å². The van der Waals surface area contributed by atoms with Crippen LogP contribution in [0.2, 0.25) is 0 Å². The molecule has 0 atom stereocenters. The predicted molar refractivity (Wildman–Crippen MR) is 189 cm³/mol. The quantitative estimate of drug-likeness (QED) is 0.197. The van der Waals surface area contributed by atoms with Crippen LogP contribution < -0.4 is 0 Å². The second kappa shape index (κ2) is 10.8. The monoisotopic (exact) mass is 613 g/mol. The van der Waals surface area contributed by atoms with Crippen molar-refractivity contribution in [2.24, 2.45) is 0 Å². The van der Waals surface area contributed by atoms with E-state index >= 15 is 0 Å². The molecule has 9 rings (SSSR count). The van der Waals surface area contributed by atoms with Crippen molar-refractivity contribution in [3.05, 3.63) is 151 Å². The van der Waals surface area contributed by atoms with Crippen molar-refractivity contribution in [1.82, 2.24) is 24.1 Å². The molecule has 48 heavy (non-hydrogen) atoms. The van der Waals surface area contributed by atoms with Gasteiger partial charge in [0.1, 0.15) is 6.07 Å². The zero-order chi connectivity index (χ0) is 32.2. The first kappa shape index (κ1) is 27.2. The van der Waals surface area contributed by atoms with Gasteiger partial charge in [-0.05, 0) is 36.4 Å². The average Bonchev–Trinajstić information content (AvgIpc) is 3.68. The highest BCUT2D eigenvalue weighted by molar-refractivity contribution is 6.26. The van der Waals surface area contributed by atoms with E-state index in [2.05, 4.69) is 57.7 Å². The molecule has 0 fully saturated rings. The largest absolute Gasteiger partial charge is 0.308 e. The lowest BCUT2D eigenvalue weighted by Crippen LogP contribution is -2.06. The summed E-state index contributed by atoms with van der Waals surface area (Å²) in [6.07, 6.45) is 0. The highest BCUT2D eigenvalue weighted by atomic mass is 15.2. The van der Waals surface area contributed by atoms with Gasteiger partial charge in [-0.25, -0.2) is 4.98 Å². The number of para-hydroxylation sites is 2. The molecule has 7 nitrogen and oxygen atoms in total. The van der Waals surface area contributed by atoms with E-state index in [4.69, 9.17) is 15.0 Å². The van der Waals surface area contributed by atoms with Crippen molar-refractivity contribution in [3.8, 4) is 46.5 Å². The molecular formula is C41H23N7. The molecule has 0 aliphatic heterocycles. The molecule has 9 aromatic rings. The SMILES string of the molecule is N#Cc1ccc(-n2c3ccccc3c3c2ccc2c4ccccc4n(-c4nc(-c5ccccc5)nc(-c5ccccc5)n4)c23)c(C#N)c1. The first-order chi connectivity index (χ1) is 23.7. The van der Waals surface area contributed by atoms with Gasteiger partial charge in [-0.2, -0.15) is 20.5 Å². The maximum absolute atomic E-state index is 10.2. The van der Waals surface area contributed by atoms with Crippen molar-refractivity contribution >= 4 is 43.6 Å². The van der Waals surface area contributed by atoms with Gasteiger partial charge in [0, 0.05) is 32.7 Å². The molecule has 0 aliphatic carbocycles. The van der Waals surface area contributed by atoms with Gasteiger partial charge in [-0.1, -0.05) is 103 Å². The fourth-order valence-corrected chi connectivity index (χ4v) is 6.76. The highest BCUT2D eigenvalue weighted by Gasteiger charge is 2.23. The molecule has 0 N–H and O–H groups in total. The summed E-state index contributed by atoms with van der Waals surface area (Å²) in [6.45, 7) is 0. The second-order valence-electron chi connectivity index (χ2n) is 11.5. The van der Waals surface area contributed by atoms with E-state index < -0.39 is 0 Å². The van der Waals surface area contributed by atoms with E-state index in [-0.39, 0.29) is 0 Å². The van der Waals surface area contributed by atoms with Gasteiger partial charge in [0.25, 0.3) is 0 Å². The number of rotatable bonds is 4. The Balaban J connectivity index is 1.45. The average molecular weight is 614 g/mol. The maximum atomic E-state index is 10.2. The minimum atomic E-state index is 0.426. The fourth-order valence-electron chi connectivity index (χ4n) is 6.76. The lowest BCUT2D eigenvalue weighted by Gasteiger charge is -2.12. The molecule has 3 aromatic heterocycles. The summed E-state index contributed by atoms with van der Waals surface area (Å²) in [4.78, 5) is 15.2. The van der Waals surface area contributed by atoms with Crippen LogP contribution >= 0.6 is 0 Å². The van der Waals surface area contributed by atoms with E-state index in [0.717, 1.165) is 54.7 Å². The minimum Gasteiger partial charge on any atom is -0.308 e.